The quantitative estimate of drug-likeness (QED) is 0.729. The highest BCUT2D eigenvalue weighted by Gasteiger charge is 2.20. The second-order valence-electron chi connectivity index (χ2n) is 6.07. The van der Waals surface area contributed by atoms with Crippen molar-refractivity contribution in [3.05, 3.63) is 0 Å². The van der Waals surface area contributed by atoms with E-state index in [-0.39, 0.29) is 0 Å². The molecule has 1 nitrogen and oxygen atoms in total. The molecule has 0 saturated heterocycles. The van der Waals surface area contributed by atoms with Crippen LogP contribution in [0.4, 0.5) is 0 Å². The van der Waals surface area contributed by atoms with Crippen molar-refractivity contribution in [3.8, 4) is 0 Å². The molecular weight excluding hydrogens is 170 g/mol. The Bertz CT molecular complexity index is 149. The van der Waals surface area contributed by atoms with Gasteiger partial charge >= 0.3 is 0 Å². The first kappa shape index (κ1) is 12.0. The van der Waals surface area contributed by atoms with E-state index in [2.05, 4.69) is 33.0 Å². The molecule has 1 aliphatic rings. The molecule has 0 bridgehead atoms. The van der Waals surface area contributed by atoms with Crippen molar-refractivity contribution in [3.63, 3.8) is 0 Å². The monoisotopic (exact) mass is 197 g/mol. The third-order valence-electron chi connectivity index (χ3n) is 3.35. The van der Waals surface area contributed by atoms with Crippen molar-refractivity contribution in [2.45, 2.75) is 65.8 Å². The van der Waals surface area contributed by atoms with Gasteiger partial charge in [-0.15, -0.1) is 0 Å². The summed E-state index contributed by atoms with van der Waals surface area (Å²) in [5, 5.41) is 3.71. The summed E-state index contributed by atoms with van der Waals surface area (Å²) in [5.74, 6) is 1.02. The second kappa shape index (κ2) is 5.16. The third-order valence-corrected chi connectivity index (χ3v) is 3.35. The average molecular weight is 197 g/mol. The van der Waals surface area contributed by atoms with Crippen LogP contribution in [0.25, 0.3) is 0 Å². The maximum atomic E-state index is 3.71. The molecule has 0 aromatic carbocycles. The number of hydrogen-bond donors (Lipinski definition) is 1. The summed E-state index contributed by atoms with van der Waals surface area (Å²) in [6, 6.07) is 0.803. The van der Waals surface area contributed by atoms with Gasteiger partial charge in [0.05, 0.1) is 0 Å². The van der Waals surface area contributed by atoms with Crippen molar-refractivity contribution >= 4 is 0 Å². The molecule has 0 radical (unpaired) electrons. The van der Waals surface area contributed by atoms with Gasteiger partial charge in [0.2, 0.25) is 0 Å². The number of nitrogens with one attached hydrogen (secondary N) is 1. The Hall–Kier alpha value is -0.0400. The van der Waals surface area contributed by atoms with E-state index in [1.54, 1.807) is 0 Å². The minimum atomic E-state index is 0.432. The lowest BCUT2D eigenvalue weighted by Gasteiger charge is -2.31. The van der Waals surface area contributed by atoms with Gasteiger partial charge in [0, 0.05) is 12.6 Å². The minimum Gasteiger partial charge on any atom is -0.313 e. The maximum absolute atomic E-state index is 3.71. The minimum absolute atomic E-state index is 0.432. The SMILES string of the molecule is CCC1CCC(NCC(C)(C)C)CC1. The highest BCUT2D eigenvalue weighted by molar-refractivity contribution is 4.78. The summed E-state index contributed by atoms with van der Waals surface area (Å²) in [6.07, 6.45) is 7.06. The zero-order valence-electron chi connectivity index (χ0n) is 10.4. The molecule has 84 valence electrons. The van der Waals surface area contributed by atoms with Crippen molar-refractivity contribution in [1.29, 1.82) is 0 Å². The first-order valence-electron chi connectivity index (χ1n) is 6.24. The molecule has 1 saturated carbocycles. The lowest BCUT2D eigenvalue weighted by molar-refractivity contribution is 0.260. The van der Waals surface area contributed by atoms with Crippen LogP contribution < -0.4 is 5.32 Å². The maximum Gasteiger partial charge on any atom is 0.00674 e. The van der Waals surface area contributed by atoms with Gasteiger partial charge in [0.15, 0.2) is 0 Å². The van der Waals surface area contributed by atoms with Gasteiger partial charge in [-0.25, -0.2) is 0 Å². The highest BCUT2D eigenvalue weighted by Crippen LogP contribution is 2.26. The summed E-state index contributed by atoms with van der Waals surface area (Å²) < 4.78 is 0. The second-order valence-corrected chi connectivity index (χ2v) is 6.07. The fourth-order valence-corrected chi connectivity index (χ4v) is 2.23. The van der Waals surface area contributed by atoms with Crippen molar-refractivity contribution < 1.29 is 0 Å². The Balaban J connectivity index is 2.16. The van der Waals surface area contributed by atoms with Crippen LogP contribution in [0.15, 0.2) is 0 Å². The molecule has 1 N–H and O–H groups in total. The van der Waals surface area contributed by atoms with E-state index >= 15 is 0 Å². The predicted octanol–water partition coefficient (Wildman–Crippen LogP) is 3.59. The average Bonchev–Trinajstić information content (AvgIpc) is 2.14. The zero-order chi connectivity index (χ0) is 10.6. The Morgan fingerprint density at radius 1 is 1.07 bits per heavy atom. The van der Waals surface area contributed by atoms with E-state index in [0.717, 1.165) is 18.5 Å². The van der Waals surface area contributed by atoms with Gasteiger partial charge in [-0.2, -0.15) is 0 Å². The molecule has 14 heavy (non-hydrogen) atoms. The third kappa shape index (κ3) is 4.45. The highest BCUT2D eigenvalue weighted by atomic mass is 14.9. The van der Waals surface area contributed by atoms with Gasteiger partial charge < -0.3 is 5.32 Å². The van der Waals surface area contributed by atoms with E-state index in [1.807, 2.05) is 0 Å². The van der Waals surface area contributed by atoms with Crippen molar-refractivity contribution in [1.82, 2.24) is 5.32 Å². The van der Waals surface area contributed by atoms with E-state index in [4.69, 9.17) is 0 Å². The van der Waals surface area contributed by atoms with Gasteiger partial charge in [-0.1, -0.05) is 34.1 Å². The molecule has 0 amide bonds. The molecule has 0 heterocycles. The van der Waals surface area contributed by atoms with Gasteiger partial charge in [-0.3, -0.25) is 0 Å². The van der Waals surface area contributed by atoms with Crippen molar-refractivity contribution in [2.24, 2.45) is 11.3 Å². The molecule has 1 fully saturated rings. The number of rotatable bonds is 3. The van der Waals surface area contributed by atoms with Crippen LogP contribution in [-0.2, 0) is 0 Å². The van der Waals surface area contributed by atoms with Crippen LogP contribution in [-0.4, -0.2) is 12.6 Å². The van der Waals surface area contributed by atoms with Crippen LogP contribution in [0.3, 0.4) is 0 Å². The standard InChI is InChI=1S/C13H27N/c1-5-11-6-8-12(9-7-11)14-10-13(2,3)4/h11-12,14H,5-10H2,1-4H3. The normalized spacial score (nSPS) is 29.1. The van der Waals surface area contributed by atoms with Gasteiger partial charge in [-0.05, 0) is 37.0 Å². The summed E-state index contributed by atoms with van der Waals surface area (Å²) in [7, 11) is 0. The topological polar surface area (TPSA) is 12.0 Å². The Morgan fingerprint density at radius 3 is 2.07 bits per heavy atom. The van der Waals surface area contributed by atoms with Crippen LogP contribution in [0.2, 0.25) is 0 Å². The van der Waals surface area contributed by atoms with Gasteiger partial charge in [0.1, 0.15) is 0 Å². The smallest absolute Gasteiger partial charge is 0.00674 e. The molecule has 0 atom stereocenters. The molecule has 0 spiro atoms. The fraction of sp³-hybridized carbons (Fsp3) is 1.00. The molecule has 0 aliphatic heterocycles. The lowest BCUT2D eigenvalue weighted by atomic mass is 9.84. The first-order valence-corrected chi connectivity index (χ1v) is 6.24. The Labute approximate surface area is 89.7 Å². The Kier molecular flexibility index (Phi) is 4.43. The predicted molar refractivity (Wildman–Crippen MR) is 63.5 cm³/mol. The molecule has 1 heteroatoms. The van der Waals surface area contributed by atoms with Crippen LogP contribution >= 0.6 is 0 Å². The van der Waals surface area contributed by atoms with E-state index in [0.29, 0.717) is 5.41 Å². The Morgan fingerprint density at radius 2 is 1.64 bits per heavy atom. The van der Waals surface area contributed by atoms with Crippen LogP contribution in [0.1, 0.15) is 59.8 Å². The number of hydrogen-bond acceptors (Lipinski definition) is 1. The largest absolute Gasteiger partial charge is 0.313 e. The van der Waals surface area contributed by atoms with E-state index < -0.39 is 0 Å². The first-order chi connectivity index (χ1) is 6.51. The fourth-order valence-electron chi connectivity index (χ4n) is 2.23. The summed E-state index contributed by atoms with van der Waals surface area (Å²) in [6.45, 7) is 10.4. The lowest BCUT2D eigenvalue weighted by Crippen LogP contribution is -2.38. The zero-order valence-corrected chi connectivity index (χ0v) is 10.4. The van der Waals surface area contributed by atoms with Crippen LogP contribution in [0, 0.1) is 11.3 Å². The van der Waals surface area contributed by atoms with E-state index in [1.165, 1.54) is 32.1 Å². The molecule has 1 aliphatic carbocycles. The summed E-state index contributed by atoms with van der Waals surface area (Å²) in [4.78, 5) is 0. The van der Waals surface area contributed by atoms with Crippen molar-refractivity contribution in [2.75, 3.05) is 6.54 Å². The van der Waals surface area contributed by atoms with Crippen LogP contribution in [0.5, 0.6) is 0 Å². The van der Waals surface area contributed by atoms with E-state index in [9.17, 15) is 0 Å². The molecule has 0 aromatic rings. The molecule has 1 rings (SSSR count). The summed E-state index contributed by atoms with van der Waals surface area (Å²) >= 11 is 0. The molecular formula is C13H27N. The molecule has 0 aromatic heterocycles. The molecule has 0 unspecified atom stereocenters. The van der Waals surface area contributed by atoms with Gasteiger partial charge in [0.25, 0.3) is 0 Å². The summed E-state index contributed by atoms with van der Waals surface area (Å²) in [5.41, 5.74) is 0.432.